The zero-order chi connectivity index (χ0) is 27.4. The normalized spacial score (nSPS) is 16.1. The Morgan fingerprint density at radius 3 is 2.71 bits per heavy atom. The lowest BCUT2D eigenvalue weighted by Gasteiger charge is -2.25. The molecule has 4 heterocycles. The Hall–Kier alpha value is -3.66. The first kappa shape index (κ1) is 26.0. The SMILES string of the molecule is CCN[C@H]1CCN(c2cc(OC)c(C(=O)Nc3cc(F)c4nc(C)cn4c3)c3nn(C)c(C(C)(C)C)c23)C1. The van der Waals surface area contributed by atoms with Gasteiger partial charge in [0.05, 0.1) is 29.9 Å². The molecule has 1 aliphatic rings. The molecule has 9 nitrogen and oxygen atoms in total. The molecule has 1 atom stereocenters. The first-order chi connectivity index (χ1) is 18.0. The van der Waals surface area contributed by atoms with Crippen molar-refractivity contribution in [1.29, 1.82) is 0 Å². The van der Waals surface area contributed by atoms with Crippen LogP contribution in [0.25, 0.3) is 16.6 Å². The largest absolute Gasteiger partial charge is 0.496 e. The van der Waals surface area contributed by atoms with Gasteiger partial charge in [-0.05, 0) is 19.9 Å². The van der Waals surface area contributed by atoms with Crippen LogP contribution in [0.3, 0.4) is 0 Å². The van der Waals surface area contributed by atoms with Crippen LogP contribution in [0.5, 0.6) is 5.75 Å². The van der Waals surface area contributed by atoms with Crippen molar-refractivity contribution in [2.75, 3.05) is 37.0 Å². The van der Waals surface area contributed by atoms with Gasteiger partial charge >= 0.3 is 0 Å². The van der Waals surface area contributed by atoms with E-state index in [9.17, 15) is 9.18 Å². The number of halogens is 1. The van der Waals surface area contributed by atoms with Crippen molar-refractivity contribution < 1.29 is 13.9 Å². The summed E-state index contributed by atoms with van der Waals surface area (Å²) in [7, 11) is 3.47. The Bertz CT molecular complexity index is 1530. The molecule has 0 aliphatic carbocycles. The highest BCUT2D eigenvalue weighted by atomic mass is 19.1. The number of pyridine rings is 1. The fourth-order valence-corrected chi connectivity index (χ4v) is 5.69. The number of hydrogen-bond donors (Lipinski definition) is 2. The Balaban J connectivity index is 1.65. The summed E-state index contributed by atoms with van der Waals surface area (Å²) in [5.74, 6) is -0.504. The van der Waals surface area contributed by atoms with Gasteiger partial charge in [-0.2, -0.15) is 5.10 Å². The van der Waals surface area contributed by atoms with E-state index in [1.54, 1.807) is 30.8 Å². The first-order valence-corrected chi connectivity index (χ1v) is 13.0. The highest BCUT2D eigenvalue weighted by Gasteiger charge is 2.33. The van der Waals surface area contributed by atoms with Gasteiger partial charge in [-0.3, -0.25) is 9.48 Å². The average Bonchev–Trinajstić information content (AvgIpc) is 3.54. The maximum Gasteiger partial charge on any atom is 0.261 e. The molecule has 38 heavy (non-hydrogen) atoms. The molecule has 0 radical (unpaired) electrons. The van der Waals surface area contributed by atoms with E-state index in [1.165, 1.54) is 6.07 Å². The van der Waals surface area contributed by atoms with E-state index in [0.717, 1.165) is 42.8 Å². The summed E-state index contributed by atoms with van der Waals surface area (Å²) in [5.41, 5.74) is 3.92. The van der Waals surface area contributed by atoms with Gasteiger partial charge in [-0.15, -0.1) is 0 Å². The number of benzene rings is 1. The standard InChI is InChI=1S/C28H36FN7O2/c1-8-30-17-9-10-35(14-17)20-12-21(38-7)23(24-22(20)25(28(3,4)5)34(6)33-24)27(37)32-18-11-19(29)26-31-16(2)13-36(26)15-18/h11-13,15,17,30H,8-10,14H2,1-7H3,(H,32,37)/t17-/m0/s1. The van der Waals surface area contributed by atoms with Crippen LogP contribution in [-0.4, -0.2) is 57.9 Å². The Labute approximate surface area is 222 Å². The average molecular weight is 522 g/mol. The molecule has 1 aromatic carbocycles. The van der Waals surface area contributed by atoms with Crippen molar-refractivity contribution >= 4 is 33.8 Å². The van der Waals surface area contributed by atoms with Gasteiger partial charge in [-0.1, -0.05) is 27.7 Å². The minimum Gasteiger partial charge on any atom is -0.496 e. The van der Waals surface area contributed by atoms with Gasteiger partial charge in [0.25, 0.3) is 5.91 Å². The maximum absolute atomic E-state index is 14.7. The summed E-state index contributed by atoms with van der Waals surface area (Å²) in [5, 5.41) is 12.2. The molecule has 0 spiro atoms. The fraction of sp³-hybridized carbons (Fsp3) is 0.464. The summed E-state index contributed by atoms with van der Waals surface area (Å²) >= 11 is 0. The zero-order valence-electron chi connectivity index (χ0n) is 23.1. The van der Waals surface area contributed by atoms with Gasteiger partial charge in [-0.25, -0.2) is 9.37 Å². The fourth-order valence-electron chi connectivity index (χ4n) is 5.69. The van der Waals surface area contributed by atoms with E-state index in [-0.39, 0.29) is 11.1 Å². The number of aryl methyl sites for hydroxylation is 2. The lowest BCUT2D eigenvalue weighted by molar-refractivity contribution is 0.102. The number of nitrogens with zero attached hydrogens (tertiary/aromatic N) is 5. The van der Waals surface area contributed by atoms with Crippen LogP contribution >= 0.6 is 0 Å². The molecule has 0 bridgehead atoms. The van der Waals surface area contributed by atoms with Gasteiger partial charge in [0.2, 0.25) is 0 Å². The highest BCUT2D eigenvalue weighted by molar-refractivity contribution is 6.17. The number of carbonyl (C=O) groups is 1. The van der Waals surface area contributed by atoms with Crippen LogP contribution < -0.4 is 20.3 Å². The second-order valence-corrected chi connectivity index (χ2v) is 11.1. The quantitative estimate of drug-likeness (QED) is 0.391. The van der Waals surface area contributed by atoms with E-state index in [4.69, 9.17) is 9.84 Å². The summed E-state index contributed by atoms with van der Waals surface area (Å²) in [6.07, 6.45) is 4.40. The van der Waals surface area contributed by atoms with Crippen molar-refractivity contribution in [3.8, 4) is 5.75 Å². The molecule has 202 valence electrons. The van der Waals surface area contributed by atoms with Crippen LogP contribution in [0.4, 0.5) is 15.8 Å². The van der Waals surface area contributed by atoms with E-state index >= 15 is 0 Å². The molecule has 10 heteroatoms. The number of fused-ring (bicyclic) bond motifs is 2. The maximum atomic E-state index is 14.7. The minimum atomic E-state index is -0.513. The lowest BCUT2D eigenvalue weighted by atomic mass is 9.88. The van der Waals surface area contributed by atoms with E-state index < -0.39 is 11.7 Å². The summed E-state index contributed by atoms with van der Waals surface area (Å²) < 4.78 is 23.9. The third-order valence-corrected chi connectivity index (χ3v) is 7.12. The lowest BCUT2D eigenvalue weighted by Crippen LogP contribution is -2.32. The number of ether oxygens (including phenoxy) is 1. The van der Waals surface area contributed by atoms with Crippen LogP contribution in [-0.2, 0) is 12.5 Å². The van der Waals surface area contributed by atoms with Crippen LogP contribution in [0.1, 0.15) is 55.9 Å². The van der Waals surface area contributed by atoms with Crippen LogP contribution in [0, 0.1) is 12.7 Å². The van der Waals surface area contributed by atoms with Gasteiger partial charge in [0.1, 0.15) is 16.8 Å². The molecule has 1 saturated heterocycles. The molecule has 1 aliphatic heterocycles. The Morgan fingerprint density at radius 2 is 2.03 bits per heavy atom. The molecule has 2 N–H and O–H groups in total. The highest BCUT2D eigenvalue weighted by Crippen LogP contribution is 2.42. The Kier molecular flexibility index (Phi) is 6.54. The monoisotopic (exact) mass is 521 g/mol. The number of amides is 1. The smallest absolute Gasteiger partial charge is 0.261 e. The third-order valence-electron chi connectivity index (χ3n) is 7.12. The second kappa shape index (κ2) is 9.58. The predicted octanol–water partition coefficient (Wildman–Crippen LogP) is 4.42. The second-order valence-electron chi connectivity index (χ2n) is 11.1. The van der Waals surface area contributed by atoms with Gasteiger partial charge in [0, 0.05) is 61.5 Å². The number of carbonyl (C=O) groups excluding carboxylic acids is 1. The number of likely N-dealkylation sites (N-methyl/N-ethyl adjacent to an activating group) is 1. The van der Waals surface area contributed by atoms with Crippen molar-refractivity contribution in [3.05, 3.63) is 47.3 Å². The van der Waals surface area contributed by atoms with Crippen molar-refractivity contribution in [1.82, 2.24) is 24.5 Å². The van der Waals surface area contributed by atoms with Gasteiger partial charge in [0.15, 0.2) is 11.5 Å². The van der Waals surface area contributed by atoms with Crippen molar-refractivity contribution in [3.63, 3.8) is 0 Å². The summed E-state index contributed by atoms with van der Waals surface area (Å²) in [4.78, 5) is 20.3. The van der Waals surface area contributed by atoms with E-state index in [1.807, 2.05) is 17.8 Å². The minimum absolute atomic E-state index is 0.214. The number of nitrogens with one attached hydrogen (secondary N) is 2. The van der Waals surface area contributed by atoms with E-state index in [2.05, 4.69) is 48.2 Å². The molecule has 3 aromatic heterocycles. The number of methoxy groups -OCH3 is 1. The zero-order valence-corrected chi connectivity index (χ0v) is 23.1. The number of rotatable bonds is 6. The molecule has 0 unspecified atom stereocenters. The van der Waals surface area contributed by atoms with Crippen LogP contribution in [0.2, 0.25) is 0 Å². The molecular formula is C28H36FN7O2. The molecule has 1 fully saturated rings. The summed E-state index contributed by atoms with van der Waals surface area (Å²) in [6.45, 7) is 13.0. The first-order valence-electron chi connectivity index (χ1n) is 13.0. The molecule has 4 aromatic rings. The van der Waals surface area contributed by atoms with Crippen molar-refractivity contribution in [2.24, 2.45) is 7.05 Å². The van der Waals surface area contributed by atoms with Gasteiger partial charge < -0.3 is 24.7 Å². The number of anilines is 2. The summed E-state index contributed by atoms with van der Waals surface area (Å²) in [6, 6.07) is 3.63. The number of imidazole rings is 1. The third kappa shape index (κ3) is 4.47. The number of aromatic nitrogens is 4. The Morgan fingerprint density at radius 1 is 1.26 bits per heavy atom. The van der Waals surface area contributed by atoms with Crippen LogP contribution in [0.15, 0.2) is 24.5 Å². The molecule has 1 amide bonds. The molecule has 5 rings (SSSR count). The molecular weight excluding hydrogens is 485 g/mol. The molecule has 0 saturated carbocycles. The predicted molar refractivity (Wildman–Crippen MR) is 148 cm³/mol. The number of hydrogen-bond acceptors (Lipinski definition) is 6. The van der Waals surface area contributed by atoms with E-state index in [0.29, 0.717) is 34.3 Å². The topological polar surface area (TPSA) is 88.7 Å². The van der Waals surface area contributed by atoms with Crippen molar-refractivity contribution in [2.45, 2.75) is 52.5 Å².